The first-order chi connectivity index (χ1) is 14.4. The molecule has 30 heavy (non-hydrogen) atoms. The summed E-state index contributed by atoms with van der Waals surface area (Å²) in [6.07, 6.45) is -4.50. The SMILES string of the molecule is COc1ccc(-c2ccc(-c3ccc4ccccc4c3)cc2C(F)(F)F)cc1OC. The third kappa shape index (κ3) is 3.71. The van der Waals surface area contributed by atoms with Crippen LogP contribution in [0.2, 0.25) is 0 Å². The molecule has 4 aromatic carbocycles. The smallest absolute Gasteiger partial charge is 0.417 e. The molecule has 0 heterocycles. The highest BCUT2D eigenvalue weighted by Gasteiger charge is 2.34. The highest BCUT2D eigenvalue weighted by atomic mass is 19.4. The summed E-state index contributed by atoms with van der Waals surface area (Å²) < 4.78 is 52.3. The van der Waals surface area contributed by atoms with Crippen LogP contribution in [0.15, 0.2) is 78.9 Å². The molecule has 0 unspecified atom stereocenters. The lowest BCUT2D eigenvalue weighted by Crippen LogP contribution is -2.07. The van der Waals surface area contributed by atoms with Gasteiger partial charge in [0.05, 0.1) is 19.8 Å². The van der Waals surface area contributed by atoms with Gasteiger partial charge in [-0.1, -0.05) is 54.6 Å². The van der Waals surface area contributed by atoms with Crippen LogP contribution in [0.25, 0.3) is 33.0 Å². The fourth-order valence-electron chi connectivity index (χ4n) is 3.58. The second-order valence-corrected chi connectivity index (χ2v) is 6.89. The summed E-state index contributed by atoms with van der Waals surface area (Å²) >= 11 is 0. The molecular formula is C25H19F3O2. The number of hydrogen-bond acceptors (Lipinski definition) is 2. The Kier molecular flexibility index (Phi) is 5.12. The van der Waals surface area contributed by atoms with Crippen molar-refractivity contribution in [3.05, 3.63) is 84.4 Å². The minimum Gasteiger partial charge on any atom is -0.493 e. The number of hydrogen-bond donors (Lipinski definition) is 0. The maximum atomic E-state index is 14.0. The van der Waals surface area contributed by atoms with Crippen LogP contribution in [-0.4, -0.2) is 14.2 Å². The molecule has 0 radical (unpaired) electrons. The number of rotatable bonds is 4. The number of fused-ring (bicyclic) bond motifs is 1. The normalized spacial score (nSPS) is 11.5. The standard InChI is InChI=1S/C25H19F3O2/c1-29-23-12-10-20(15-24(23)30-2)21-11-9-19(14-22(21)25(26,27)28)18-8-7-16-5-3-4-6-17(16)13-18/h3-15H,1-2H3. The molecule has 0 atom stereocenters. The van der Waals surface area contributed by atoms with Crippen LogP contribution in [-0.2, 0) is 6.18 Å². The van der Waals surface area contributed by atoms with E-state index < -0.39 is 11.7 Å². The van der Waals surface area contributed by atoms with Gasteiger partial charge in [-0.2, -0.15) is 13.2 Å². The van der Waals surface area contributed by atoms with Crippen LogP contribution in [0.5, 0.6) is 11.5 Å². The molecule has 0 N–H and O–H groups in total. The fraction of sp³-hybridized carbons (Fsp3) is 0.120. The van der Waals surface area contributed by atoms with Gasteiger partial charge in [0, 0.05) is 0 Å². The lowest BCUT2D eigenvalue weighted by Gasteiger charge is -2.16. The molecule has 152 valence electrons. The molecule has 5 heteroatoms. The van der Waals surface area contributed by atoms with Gasteiger partial charge in [0.15, 0.2) is 11.5 Å². The van der Waals surface area contributed by atoms with Crippen molar-refractivity contribution in [1.82, 2.24) is 0 Å². The summed E-state index contributed by atoms with van der Waals surface area (Å²) in [5.74, 6) is 0.837. The van der Waals surface area contributed by atoms with Crippen molar-refractivity contribution in [3.63, 3.8) is 0 Å². The van der Waals surface area contributed by atoms with Gasteiger partial charge in [-0.25, -0.2) is 0 Å². The summed E-state index contributed by atoms with van der Waals surface area (Å²) in [5.41, 5.74) is 1.05. The van der Waals surface area contributed by atoms with Gasteiger partial charge in [0.1, 0.15) is 0 Å². The quantitative estimate of drug-likeness (QED) is 0.355. The molecule has 0 aliphatic carbocycles. The first kappa shape index (κ1) is 19.8. The maximum absolute atomic E-state index is 14.0. The number of benzene rings is 4. The third-order valence-electron chi connectivity index (χ3n) is 5.10. The lowest BCUT2D eigenvalue weighted by molar-refractivity contribution is -0.137. The van der Waals surface area contributed by atoms with Crippen molar-refractivity contribution in [2.24, 2.45) is 0 Å². The molecule has 4 aromatic rings. The Bertz CT molecular complexity index is 1210. The summed E-state index contributed by atoms with van der Waals surface area (Å²) in [7, 11) is 2.94. The van der Waals surface area contributed by atoms with Gasteiger partial charge in [0.2, 0.25) is 0 Å². The van der Waals surface area contributed by atoms with Crippen molar-refractivity contribution in [2.45, 2.75) is 6.18 Å². The summed E-state index contributed by atoms with van der Waals surface area (Å²) in [6, 6.07) is 22.6. The van der Waals surface area contributed by atoms with Crippen molar-refractivity contribution in [3.8, 4) is 33.8 Å². The number of halogens is 3. The molecule has 0 amide bonds. The molecular weight excluding hydrogens is 389 g/mol. The molecule has 0 fully saturated rings. The predicted molar refractivity (Wildman–Crippen MR) is 113 cm³/mol. The zero-order valence-electron chi connectivity index (χ0n) is 16.5. The Balaban J connectivity index is 1.85. The molecule has 0 aliphatic rings. The summed E-state index contributed by atoms with van der Waals surface area (Å²) in [4.78, 5) is 0. The van der Waals surface area contributed by atoms with Gasteiger partial charge in [-0.15, -0.1) is 0 Å². The molecule has 0 bridgehead atoms. The Labute approximate surface area is 172 Å². The van der Waals surface area contributed by atoms with Crippen molar-refractivity contribution in [1.29, 1.82) is 0 Å². The maximum Gasteiger partial charge on any atom is 0.417 e. The van der Waals surface area contributed by atoms with Crippen LogP contribution < -0.4 is 9.47 Å². The van der Waals surface area contributed by atoms with E-state index in [4.69, 9.17) is 9.47 Å². The van der Waals surface area contributed by atoms with Crippen molar-refractivity contribution in [2.75, 3.05) is 14.2 Å². The van der Waals surface area contributed by atoms with Crippen LogP contribution >= 0.6 is 0 Å². The molecule has 4 rings (SSSR count). The number of ether oxygens (including phenoxy) is 2. The monoisotopic (exact) mass is 408 g/mol. The highest BCUT2D eigenvalue weighted by Crippen LogP contribution is 2.41. The second kappa shape index (κ2) is 7.75. The minimum absolute atomic E-state index is 0.0907. The largest absolute Gasteiger partial charge is 0.493 e. The Morgan fingerprint density at radius 3 is 1.93 bits per heavy atom. The Morgan fingerprint density at radius 1 is 0.600 bits per heavy atom. The van der Waals surface area contributed by atoms with Crippen LogP contribution in [0.1, 0.15) is 5.56 Å². The lowest BCUT2D eigenvalue weighted by atomic mass is 9.93. The van der Waals surface area contributed by atoms with E-state index in [0.29, 0.717) is 22.6 Å². The second-order valence-electron chi connectivity index (χ2n) is 6.89. The number of alkyl halides is 3. The summed E-state index contributed by atoms with van der Waals surface area (Å²) in [6.45, 7) is 0. The molecule has 0 saturated heterocycles. The van der Waals surface area contributed by atoms with E-state index >= 15 is 0 Å². The van der Waals surface area contributed by atoms with Gasteiger partial charge in [-0.3, -0.25) is 0 Å². The van der Waals surface area contributed by atoms with Gasteiger partial charge in [0.25, 0.3) is 0 Å². The zero-order valence-corrected chi connectivity index (χ0v) is 16.5. The molecule has 0 aromatic heterocycles. The third-order valence-corrected chi connectivity index (χ3v) is 5.10. The van der Waals surface area contributed by atoms with E-state index in [9.17, 15) is 13.2 Å². The molecule has 0 spiro atoms. The first-order valence-corrected chi connectivity index (χ1v) is 9.33. The van der Waals surface area contributed by atoms with Crippen LogP contribution in [0, 0.1) is 0 Å². The van der Waals surface area contributed by atoms with Crippen LogP contribution in [0.3, 0.4) is 0 Å². The van der Waals surface area contributed by atoms with Crippen molar-refractivity contribution < 1.29 is 22.6 Å². The highest BCUT2D eigenvalue weighted by molar-refractivity contribution is 5.88. The zero-order chi connectivity index (χ0) is 21.3. The summed E-state index contributed by atoms with van der Waals surface area (Å²) in [5, 5.41) is 2.02. The van der Waals surface area contributed by atoms with E-state index in [1.807, 2.05) is 42.5 Å². The molecule has 0 aliphatic heterocycles. The van der Waals surface area contributed by atoms with E-state index in [-0.39, 0.29) is 5.56 Å². The molecule has 0 saturated carbocycles. The Morgan fingerprint density at radius 2 is 1.23 bits per heavy atom. The predicted octanol–water partition coefficient (Wildman–Crippen LogP) is 7.21. The minimum atomic E-state index is -4.50. The van der Waals surface area contributed by atoms with Gasteiger partial charge < -0.3 is 9.47 Å². The fourth-order valence-corrected chi connectivity index (χ4v) is 3.58. The number of methoxy groups -OCH3 is 2. The van der Waals surface area contributed by atoms with E-state index in [0.717, 1.165) is 16.3 Å². The van der Waals surface area contributed by atoms with Crippen molar-refractivity contribution >= 4 is 10.8 Å². The van der Waals surface area contributed by atoms with E-state index in [2.05, 4.69) is 0 Å². The first-order valence-electron chi connectivity index (χ1n) is 9.33. The average Bonchev–Trinajstić information content (AvgIpc) is 2.77. The van der Waals surface area contributed by atoms with Gasteiger partial charge >= 0.3 is 6.18 Å². The topological polar surface area (TPSA) is 18.5 Å². The van der Waals surface area contributed by atoms with Crippen LogP contribution in [0.4, 0.5) is 13.2 Å². The average molecular weight is 408 g/mol. The molecule has 2 nitrogen and oxygen atoms in total. The van der Waals surface area contributed by atoms with E-state index in [1.165, 1.54) is 26.4 Å². The van der Waals surface area contributed by atoms with Gasteiger partial charge in [-0.05, 0) is 57.3 Å². The van der Waals surface area contributed by atoms with E-state index in [1.54, 1.807) is 24.3 Å². The Hall–Kier alpha value is -3.47.